The van der Waals surface area contributed by atoms with E-state index < -0.39 is 0 Å². The normalized spacial score (nSPS) is 12.8. The molecule has 0 bridgehead atoms. The van der Waals surface area contributed by atoms with Crippen molar-refractivity contribution in [2.24, 2.45) is 0 Å². The first-order valence-corrected chi connectivity index (χ1v) is 8.74. The van der Waals surface area contributed by atoms with Crippen molar-refractivity contribution < 1.29 is 9.21 Å². The molecule has 3 aromatic rings. The van der Waals surface area contributed by atoms with Gasteiger partial charge in [0.1, 0.15) is 27.2 Å². The Morgan fingerprint density at radius 2 is 2.30 bits per heavy atom. The molecule has 1 amide bonds. The molecule has 3 aromatic heterocycles. The number of hydrogen-bond acceptors (Lipinski definition) is 6. The van der Waals surface area contributed by atoms with Gasteiger partial charge in [-0.25, -0.2) is 4.98 Å². The van der Waals surface area contributed by atoms with Crippen LogP contribution in [0.3, 0.4) is 0 Å². The zero-order valence-electron chi connectivity index (χ0n) is 12.0. The largest absolute Gasteiger partial charge is 0.472 e. The number of amides is 1. The highest BCUT2D eigenvalue weighted by Crippen LogP contribution is 2.39. The number of aryl methyl sites for hydroxylation is 1. The molecule has 114 valence electrons. The fraction of sp³-hybridized carbons (Fsp3) is 0.188. The molecule has 1 aliphatic carbocycles. The van der Waals surface area contributed by atoms with E-state index in [1.807, 2.05) is 0 Å². The molecule has 0 fully saturated rings. The van der Waals surface area contributed by atoms with Crippen molar-refractivity contribution in [2.45, 2.75) is 19.3 Å². The number of anilines is 1. The molecule has 0 radical (unpaired) electrons. The smallest absolute Gasteiger partial charge is 0.268 e. The van der Waals surface area contributed by atoms with Gasteiger partial charge in [-0.15, -0.1) is 22.7 Å². The number of carbonyl (C=O) groups is 1. The first kappa shape index (κ1) is 14.2. The van der Waals surface area contributed by atoms with Crippen LogP contribution in [-0.4, -0.2) is 10.9 Å². The molecule has 0 unspecified atom stereocenters. The number of nitrogens with zero attached hydrogens (tertiary/aromatic N) is 2. The summed E-state index contributed by atoms with van der Waals surface area (Å²) in [6.45, 7) is 0. The predicted molar refractivity (Wildman–Crippen MR) is 88.8 cm³/mol. The Kier molecular flexibility index (Phi) is 3.48. The molecule has 0 aliphatic heterocycles. The lowest BCUT2D eigenvalue weighted by Gasteiger charge is -2.01. The summed E-state index contributed by atoms with van der Waals surface area (Å²) in [7, 11) is 0. The highest BCUT2D eigenvalue weighted by molar-refractivity contribution is 7.18. The number of aromatic nitrogens is 1. The van der Waals surface area contributed by atoms with Gasteiger partial charge in [-0.05, 0) is 30.9 Å². The topological polar surface area (TPSA) is 78.9 Å². The number of thiazole rings is 1. The molecule has 4 rings (SSSR count). The number of carbonyl (C=O) groups excluding carboxylic acids is 1. The summed E-state index contributed by atoms with van der Waals surface area (Å²) in [6.07, 6.45) is 7.73. The number of nitrogens with one attached hydrogen (secondary N) is 1. The molecule has 0 spiro atoms. The van der Waals surface area contributed by atoms with E-state index in [0.717, 1.165) is 35.4 Å². The summed E-state index contributed by atoms with van der Waals surface area (Å²) in [4.78, 5) is 18.4. The van der Waals surface area contributed by atoms with Crippen molar-refractivity contribution in [3.8, 4) is 16.6 Å². The molecule has 3 heterocycles. The van der Waals surface area contributed by atoms with E-state index in [-0.39, 0.29) is 5.91 Å². The average Bonchev–Trinajstić information content (AvgIpc) is 3.30. The van der Waals surface area contributed by atoms with Gasteiger partial charge in [0.25, 0.3) is 5.91 Å². The summed E-state index contributed by atoms with van der Waals surface area (Å²) in [5, 5.41) is 13.6. The van der Waals surface area contributed by atoms with Gasteiger partial charge in [-0.3, -0.25) is 4.79 Å². The third kappa shape index (κ3) is 2.46. The van der Waals surface area contributed by atoms with Crippen molar-refractivity contribution in [1.82, 2.24) is 4.98 Å². The van der Waals surface area contributed by atoms with E-state index in [1.54, 1.807) is 24.8 Å². The van der Waals surface area contributed by atoms with Gasteiger partial charge in [0.2, 0.25) is 0 Å². The molecule has 0 atom stereocenters. The number of rotatable bonds is 3. The maximum atomic E-state index is 12.4. The first-order valence-electron chi connectivity index (χ1n) is 7.10. The molecule has 5 nitrogen and oxygen atoms in total. The van der Waals surface area contributed by atoms with Crippen LogP contribution >= 0.6 is 22.7 Å². The third-order valence-corrected chi connectivity index (χ3v) is 6.01. The van der Waals surface area contributed by atoms with E-state index in [9.17, 15) is 10.1 Å². The minimum absolute atomic E-state index is 0.228. The monoisotopic (exact) mass is 341 g/mol. The van der Waals surface area contributed by atoms with Crippen LogP contribution in [0.4, 0.5) is 5.00 Å². The lowest BCUT2D eigenvalue weighted by molar-refractivity contribution is 0.103. The fourth-order valence-corrected chi connectivity index (χ4v) is 4.71. The van der Waals surface area contributed by atoms with Crippen molar-refractivity contribution in [2.75, 3.05) is 5.32 Å². The van der Waals surface area contributed by atoms with Gasteiger partial charge in [-0.2, -0.15) is 5.26 Å². The summed E-state index contributed by atoms with van der Waals surface area (Å²) >= 11 is 2.82. The Hall–Kier alpha value is -2.43. The predicted octanol–water partition coefficient (Wildman–Crippen LogP) is 4.08. The lowest BCUT2D eigenvalue weighted by atomic mass is 10.1. The Morgan fingerprint density at radius 1 is 1.39 bits per heavy atom. The van der Waals surface area contributed by atoms with Crippen LogP contribution in [0.2, 0.25) is 0 Å². The molecule has 23 heavy (non-hydrogen) atoms. The quantitative estimate of drug-likeness (QED) is 0.778. The Bertz CT molecular complexity index is 916. The van der Waals surface area contributed by atoms with Crippen molar-refractivity contribution >= 4 is 33.6 Å². The molecule has 1 aliphatic rings. The van der Waals surface area contributed by atoms with Crippen LogP contribution in [0.1, 0.15) is 32.1 Å². The molecular formula is C16H11N3O2S2. The van der Waals surface area contributed by atoms with E-state index in [1.165, 1.54) is 27.6 Å². The Labute approximate surface area is 140 Å². The van der Waals surface area contributed by atoms with E-state index in [0.29, 0.717) is 15.4 Å². The first-order chi connectivity index (χ1) is 11.3. The summed E-state index contributed by atoms with van der Waals surface area (Å²) in [5.41, 5.74) is 2.58. The fourth-order valence-electron chi connectivity index (χ4n) is 2.67. The van der Waals surface area contributed by atoms with Crippen LogP contribution in [0.25, 0.3) is 10.6 Å². The third-order valence-electron chi connectivity index (χ3n) is 3.76. The van der Waals surface area contributed by atoms with Crippen LogP contribution in [0.15, 0.2) is 29.2 Å². The van der Waals surface area contributed by atoms with E-state index >= 15 is 0 Å². The maximum Gasteiger partial charge on any atom is 0.268 e. The second-order valence-electron chi connectivity index (χ2n) is 5.17. The van der Waals surface area contributed by atoms with Gasteiger partial charge in [-0.1, -0.05) is 0 Å². The standard InChI is InChI=1S/C16H11N3O2S2/c17-6-11-10-2-1-3-12(10)22-16(11)19-14(20)13-7-18-15(23-13)9-4-5-21-8-9/h4-5,7-8H,1-3H2,(H,19,20). The molecule has 0 aromatic carbocycles. The Balaban J connectivity index is 1.58. The molecule has 0 saturated carbocycles. The average molecular weight is 341 g/mol. The lowest BCUT2D eigenvalue weighted by Crippen LogP contribution is -2.10. The van der Waals surface area contributed by atoms with Crippen LogP contribution < -0.4 is 5.32 Å². The van der Waals surface area contributed by atoms with Crippen LogP contribution in [0.5, 0.6) is 0 Å². The van der Waals surface area contributed by atoms with Crippen molar-refractivity contribution in [1.29, 1.82) is 5.26 Å². The number of thiophene rings is 1. The van der Waals surface area contributed by atoms with Crippen molar-refractivity contribution in [3.63, 3.8) is 0 Å². The van der Waals surface area contributed by atoms with Gasteiger partial charge in [0, 0.05) is 10.4 Å². The minimum atomic E-state index is -0.228. The van der Waals surface area contributed by atoms with Crippen LogP contribution in [0, 0.1) is 11.3 Å². The summed E-state index contributed by atoms with van der Waals surface area (Å²) in [5.74, 6) is -0.228. The number of nitriles is 1. The number of furan rings is 1. The molecule has 1 N–H and O–H groups in total. The highest BCUT2D eigenvalue weighted by atomic mass is 32.1. The second-order valence-corrected chi connectivity index (χ2v) is 7.30. The van der Waals surface area contributed by atoms with Gasteiger partial charge in [0.05, 0.1) is 18.0 Å². The van der Waals surface area contributed by atoms with Gasteiger partial charge < -0.3 is 9.73 Å². The second kappa shape index (κ2) is 5.65. The molecule has 0 saturated heterocycles. The highest BCUT2D eigenvalue weighted by Gasteiger charge is 2.24. The van der Waals surface area contributed by atoms with Crippen LogP contribution in [-0.2, 0) is 12.8 Å². The maximum absolute atomic E-state index is 12.4. The zero-order valence-corrected chi connectivity index (χ0v) is 13.6. The SMILES string of the molecule is N#Cc1c(NC(=O)c2cnc(-c3ccoc3)s2)sc2c1CCC2. The Morgan fingerprint density at radius 3 is 3.09 bits per heavy atom. The number of hydrogen-bond donors (Lipinski definition) is 1. The van der Waals surface area contributed by atoms with Gasteiger partial charge in [0.15, 0.2) is 0 Å². The molecule has 7 heteroatoms. The van der Waals surface area contributed by atoms with E-state index in [2.05, 4.69) is 16.4 Å². The zero-order chi connectivity index (χ0) is 15.8. The summed E-state index contributed by atoms with van der Waals surface area (Å²) < 4.78 is 5.03. The van der Waals surface area contributed by atoms with Gasteiger partial charge >= 0.3 is 0 Å². The molecular weight excluding hydrogens is 330 g/mol. The minimum Gasteiger partial charge on any atom is -0.472 e. The number of fused-ring (bicyclic) bond motifs is 1. The summed E-state index contributed by atoms with van der Waals surface area (Å²) in [6, 6.07) is 4.04. The van der Waals surface area contributed by atoms with E-state index in [4.69, 9.17) is 4.42 Å². The van der Waals surface area contributed by atoms with Crippen molar-refractivity contribution in [3.05, 3.63) is 45.7 Å².